The minimum Gasteiger partial charge on any atom is -0.267 e. The van der Waals surface area contributed by atoms with Crippen LogP contribution in [0.3, 0.4) is 0 Å². The predicted molar refractivity (Wildman–Crippen MR) is 102 cm³/mol. The predicted octanol–water partition coefficient (Wildman–Crippen LogP) is 4.30. The van der Waals surface area contributed by atoms with Gasteiger partial charge in [0, 0.05) is 22.7 Å². The molecule has 2 aromatic carbocycles. The lowest BCUT2D eigenvalue weighted by molar-refractivity contribution is 0.0955. The molecule has 0 bridgehead atoms. The molecule has 3 aromatic rings. The van der Waals surface area contributed by atoms with E-state index in [1.165, 1.54) is 5.56 Å². The molecule has 0 spiro atoms. The molecule has 3 rings (SSSR count). The average Bonchev–Trinajstić information content (AvgIpc) is 2.61. The van der Waals surface area contributed by atoms with E-state index >= 15 is 0 Å². The van der Waals surface area contributed by atoms with Crippen LogP contribution in [0.2, 0.25) is 0 Å². The Morgan fingerprint density at radius 2 is 1.76 bits per heavy atom. The Hall–Kier alpha value is -3.01. The second-order valence-electron chi connectivity index (χ2n) is 6.95. The third kappa shape index (κ3) is 3.91. The number of pyridine rings is 1. The van der Waals surface area contributed by atoms with Crippen molar-refractivity contribution in [1.82, 2.24) is 10.4 Å². The fourth-order valence-electron chi connectivity index (χ4n) is 2.58. The molecule has 0 saturated heterocycles. The van der Waals surface area contributed by atoms with Crippen LogP contribution in [-0.2, 0) is 5.41 Å². The number of amides is 1. The Kier molecular flexibility index (Phi) is 4.61. The highest BCUT2D eigenvalue weighted by Gasteiger charge is 2.14. The normalized spacial score (nSPS) is 11.8. The van der Waals surface area contributed by atoms with Crippen molar-refractivity contribution in [1.29, 1.82) is 0 Å². The number of fused-ring (bicyclic) bond motifs is 1. The zero-order valence-electron chi connectivity index (χ0n) is 14.7. The van der Waals surface area contributed by atoms with Crippen molar-refractivity contribution >= 4 is 23.0 Å². The van der Waals surface area contributed by atoms with Gasteiger partial charge in [0.1, 0.15) is 0 Å². The van der Waals surface area contributed by atoms with E-state index in [4.69, 9.17) is 0 Å². The van der Waals surface area contributed by atoms with Crippen LogP contribution >= 0.6 is 0 Å². The standard InChI is InChI=1S/C21H21N3O/c1-21(2,3)18-11-9-16(10-12-18)20(25)24-23-14-17-7-4-6-15-8-5-13-22-19(15)17/h4-14H,1-3H3,(H,24,25)/b23-14-. The Morgan fingerprint density at radius 3 is 2.48 bits per heavy atom. The molecule has 0 atom stereocenters. The van der Waals surface area contributed by atoms with E-state index in [1.807, 2.05) is 54.6 Å². The van der Waals surface area contributed by atoms with Crippen LogP contribution in [-0.4, -0.2) is 17.1 Å². The first-order valence-electron chi connectivity index (χ1n) is 8.23. The first-order valence-corrected chi connectivity index (χ1v) is 8.23. The SMILES string of the molecule is CC(C)(C)c1ccc(C(=O)N/N=C\c2cccc3cccnc23)cc1. The zero-order valence-corrected chi connectivity index (χ0v) is 14.7. The van der Waals surface area contributed by atoms with Gasteiger partial charge in [0.15, 0.2) is 0 Å². The molecule has 4 heteroatoms. The molecule has 1 N–H and O–H groups in total. The van der Waals surface area contributed by atoms with Crippen LogP contribution < -0.4 is 5.43 Å². The first kappa shape index (κ1) is 16.8. The lowest BCUT2D eigenvalue weighted by Gasteiger charge is -2.18. The van der Waals surface area contributed by atoms with Gasteiger partial charge in [0.2, 0.25) is 0 Å². The van der Waals surface area contributed by atoms with Crippen molar-refractivity contribution in [2.24, 2.45) is 5.10 Å². The van der Waals surface area contributed by atoms with E-state index in [0.717, 1.165) is 16.5 Å². The van der Waals surface area contributed by atoms with Crippen molar-refractivity contribution in [3.05, 3.63) is 77.5 Å². The second kappa shape index (κ2) is 6.85. The molecule has 0 aliphatic carbocycles. The van der Waals surface area contributed by atoms with Crippen LogP contribution in [0.5, 0.6) is 0 Å². The van der Waals surface area contributed by atoms with Gasteiger partial charge in [-0.2, -0.15) is 5.10 Å². The first-order chi connectivity index (χ1) is 11.9. The number of hydrogen-bond acceptors (Lipinski definition) is 3. The highest BCUT2D eigenvalue weighted by molar-refractivity contribution is 5.99. The highest BCUT2D eigenvalue weighted by atomic mass is 16.2. The number of aromatic nitrogens is 1. The second-order valence-corrected chi connectivity index (χ2v) is 6.95. The molecule has 0 radical (unpaired) electrons. The lowest BCUT2D eigenvalue weighted by Crippen LogP contribution is -2.18. The molecule has 0 unspecified atom stereocenters. The summed E-state index contributed by atoms with van der Waals surface area (Å²) < 4.78 is 0. The molecular formula is C21H21N3O. The molecule has 1 heterocycles. The topological polar surface area (TPSA) is 54.4 Å². The van der Waals surface area contributed by atoms with E-state index in [0.29, 0.717) is 5.56 Å². The number of rotatable bonds is 3. The third-order valence-electron chi connectivity index (χ3n) is 4.05. The van der Waals surface area contributed by atoms with E-state index < -0.39 is 0 Å². The van der Waals surface area contributed by atoms with Gasteiger partial charge < -0.3 is 0 Å². The van der Waals surface area contributed by atoms with Crippen molar-refractivity contribution < 1.29 is 4.79 Å². The number of nitrogens with zero attached hydrogens (tertiary/aromatic N) is 2. The maximum Gasteiger partial charge on any atom is 0.271 e. The Morgan fingerprint density at radius 1 is 1.04 bits per heavy atom. The van der Waals surface area contributed by atoms with Crippen LogP contribution in [0, 0.1) is 0 Å². The summed E-state index contributed by atoms with van der Waals surface area (Å²) in [5, 5.41) is 5.11. The number of benzene rings is 2. The van der Waals surface area contributed by atoms with E-state index in [2.05, 4.69) is 36.3 Å². The van der Waals surface area contributed by atoms with Crippen molar-refractivity contribution in [3.8, 4) is 0 Å². The third-order valence-corrected chi connectivity index (χ3v) is 4.05. The molecule has 0 aliphatic rings. The van der Waals surface area contributed by atoms with E-state index in [9.17, 15) is 4.79 Å². The Bertz CT molecular complexity index is 917. The summed E-state index contributed by atoms with van der Waals surface area (Å²) in [5.41, 5.74) is 6.13. The Balaban J connectivity index is 1.72. The Labute approximate surface area is 147 Å². The summed E-state index contributed by atoms with van der Waals surface area (Å²) in [5.74, 6) is -0.232. The quantitative estimate of drug-likeness (QED) is 0.575. The number of carbonyl (C=O) groups excluding carboxylic acids is 1. The molecule has 126 valence electrons. The van der Waals surface area contributed by atoms with Gasteiger partial charge in [0.25, 0.3) is 5.91 Å². The van der Waals surface area contributed by atoms with Crippen LogP contribution in [0.4, 0.5) is 0 Å². The largest absolute Gasteiger partial charge is 0.271 e. The monoisotopic (exact) mass is 331 g/mol. The minimum atomic E-state index is -0.232. The van der Waals surface area contributed by atoms with Gasteiger partial charge in [-0.1, -0.05) is 57.2 Å². The summed E-state index contributed by atoms with van der Waals surface area (Å²) in [6.45, 7) is 6.43. The molecule has 4 nitrogen and oxygen atoms in total. The zero-order chi connectivity index (χ0) is 17.9. The molecule has 0 aliphatic heterocycles. The fourth-order valence-corrected chi connectivity index (χ4v) is 2.58. The molecule has 25 heavy (non-hydrogen) atoms. The number of para-hydroxylation sites is 1. The van der Waals surface area contributed by atoms with Crippen LogP contribution in [0.1, 0.15) is 42.3 Å². The van der Waals surface area contributed by atoms with Crippen LogP contribution in [0.25, 0.3) is 10.9 Å². The summed E-state index contributed by atoms with van der Waals surface area (Å²) in [4.78, 5) is 16.6. The summed E-state index contributed by atoms with van der Waals surface area (Å²) in [7, 11) is 0. The summed E-state index contributed by atoms with van der Waals surface area (Å²) >= 11 is 0. The number of hydrogen-bond donors (Lipinski definition) is 1. The minimum absolute atomic E-state index is 0.0640. The number of carbonyl (C=O) groups is 1. The summed E-state index contributed by atoms with van der Waals surface area (Å²) in [6, 6.07) is 17.4. The molecular weight excluding hydrogens is 310 g/mol. The molecule has 1 amide bonds. The fraction of sp³-hybridized carbons (Fsp3) is 0.190. The van der Waals surface area contributed by atoms with Crippen molar-refractivity contribution in [3.63, 3.8) is 0 Å². The molecule has 0 saturated carbocycles. The van der Waals surface area contributed by atoms with Gasteiger partial charge in [-0.05, 0) is 29.2 Å². The van der Waals surface area contributed by atoms with Crippen molar-refractivity contribution in [2.45, 2.75) is 26.2 Å². The van der Waals surface area contributed by atoms with Gasteiger partial charge in [0.05, 0.1) is 11.7 Å². The average molecular weight is 331 g/mol. The van der Waals surface area contributed by atoms with E-state index in [-0.39, 0.29) is 11.3 Å². The highest BCUT2D eigenvalue weighted by Crippen LogP contribution is 2.22. The lowest BCUT2D eigenvalue weighted by atomic mass is 9.87. The molecule has 1 aromatic heterocycles. The summed E-state index contributed by atoms with van der Waals surface area (Å²) in [6.07, 6.45) is 3.37. The van der Waals surface area contributed by atoms with Gasteiger partial charge in [-0.3, -0.25) is 9.78 Å². The van der Waals surface area contributed by atoms with Gasteiger partial charge in [-0.25, -0.2) is 5.43 Å². The number of hydrazone groups is 1. The van der Waals surface area contributed by atoms with Crippen molar-refractivity contribution in [2.75, 3.05) is 0 Å². The van der Waals surface area contributed by atoms with Crippen LogP contribution in [0.15, 0.2) is 65.9 Å². The number of nitrogens with one attached hydrogen (secondary N) is 1. The van der Waals surface area contributed by atoms with E-state index in [1.54, 1.807) is 12.4 Å². The molecule has 0 fully saturated rings. The van der Waals surface area contributed by atoms with Gasteiger partial charge >= 0.3 is 0 Å². The maximum atomic E-state index is 12.2. The smallest absolute Gasteiger partial charge is 0.267 e. The maximum absolute atomic E-state index is 12.2. The van der Waals surface area contributed by atoms with Gasteiger partial charge in [-0.15, -0.1) is 0 Å².